The average molecular weight is 175 g/mol. The van der Waals surface area contributed by atoms with E-state index in [2.05, 4.69) is 10.3 Å². The standard InChI is InChI=1S/C7H13NO2S/c1-7(4-3-5-11-7)6(9)8-10-2/h3-5H2,1-2H3,(H,8,9). The van der Waals surface area contributed by atoms with E-state index >= 15 is 0 Å². The molecule has 1 aliphatic rings. The van der Waals surface area contributed by atoms with Crippen LogP contribution in [0.5, 0.6) is 0 Å². The van der Waals surface area contributed by atoms with Gasteiger partial charge in [0.05, 0.1) is 11.9 Å². The number of hydrogen-bond acceptors (Lipinski definition) is 3. The topological polar surface area (TPSA) is 38.3 Å². The maximum atomic E-state index is 11.3. The lowest BCUT2D eigenvalue weighted by Crippen LogP contribution is -2.39. The molecule has 64 valence electrons. The molecule has 1 rings (SSSR count). The van der Waals surface area contributed by atoms with E-state index in [-0.39, 0.29) is 10.7 Å². The van der Waals surface area contributed by atoms with Crippen molar-refractivity contribution in [1.29, 1.82) is 0 Å². The van der Waals surface area contributed by atoms with Gasteiger partial charge >= 0.3 is 0 Å². The van der Waals surface area contributed by atoms with Crippen molar-refractivity contribution in [2.45, 2.75) is 24.5 Å². The van der Waals surface area contributed by atoms with Crippen LogP contribution >= 0.6 is 11.8 Å². The van der Waals surface area contributed by atoms with Crippen LogP contribution < -0.4 is 5.48 Å². The smallest absolute Gasteiger partial charge is 0.259 e. The fourth-order valence-electron chi connectivity index (χ4n) is 1.16. The number of rotatable bonds is 2. The number of hydrogen-bond donors (Lipinski definition) is 1. The second kappa shape index (κ2) is 3.45. The summed E-state index contributed by atoms with van der Waals surface area (Å²) in [5.41, 5.74) is 2.37. The van der Waals surface area contributed by atoms with Gasteiger partial charge in [-0.25, -0.2) is 5.48 Å². The highest BCUT2D eigenvalue weighted by Crippen LogP contribution is 2.37. The lowest BCUT2D eigenvalue weighted by atomic mass is 10.1. The molecule has 3 nitrogen and oxygen atoms in total. The summed E-state index contributed by atoms with van der Waals surface area (Å²) in [6.07, 6.45) is 2.07. The summed E-state index contributed by atoms with van der Waals surface area (Å²) in [6, 6.07) is 0. The molecule has 1 saturated heterocycles. The Kier molecular flexibility index (Phi) is 2.78. The second-order valence-electron chi connectivity index (χ2n) is 2.82. The van der Waals surface area contributed by atoms with Gasteiger partial charge in [0.15, 0.2) is 0 Å². The van der Waals surface area contributed by atoms with Crippen molar-refractivity contribution in [2.24, 2.45) is 0 Å². The molecule has 1 amide bonds. The van der Waals surface area contributed by atoms with Gasteiger partial charge in [0, 0.05) is 0 Å². The third-order valence-electron chi connectivity index (χ3n) is 1.89. The zero-order chi connectivity index (χ0) is 8.32. The van der Waals surface area contributed by atoms with Gasteiger partial charge in [-0.05, 0) is 25.5 Å². The van der Waals surface area contributed by atoms with Crippen LogP contribution in [0.1, 0.15) is 19.8 Å². The minimum Gasteiger partial charge on any atom is -0.277 e. The maximum absolute atomic E-state index is 11.3. The maximum Gasteiger partial charge on any atom is 0.259 e. The van der Waals surface area contributed by atoms with Crippen LogP contribution in [-0.4, -0.2) is 23.5 Å². The first-order valence-corrected chi connectivity index (χ1v) is 4.65. The Hall–Kier alpha value is -0.220. The Labute approximate surface area is 70.8 Å². The monoisotopic (exact) mass is 175 g/mol. The van der Waals surface area contributed by atoms with Crippen molar-refractivity contribution < 1.29 is 9.63 Å². The predicted molar refractivity (Wildman–Crippen MR) is 45.2 cm³/mol. The highest BCUT2D eigenvalue weighted by Gasteiger charge is 2.37. The second-order valence-corrected chi connectivity index (χ2v) is 4.42. The van der Waals surface area contributed by atoms with E-state index < -0.39 is 0 Å². The van der Waals surface area contributed by atoms with Crippen LogP contribution in [0.15, 0.2) is 0 Å². The largest absolute Gasteiger partial charge is 0.277 e. The lowest BCUT2D eigenvalue weighted by Gasteiger charge is -2.19. The number of hydroxylamine groups is 1. The summed E-state index contributed by atoms with van der Waals surface area (Å²) in [4.78, 5) is 15.9. The minimum atomic E-state index is -0.254. The molecule has 0 saturated carbocycles. The zero-order valence-corrected chi connectivity index (χ0v) is 7.66. The number of carbonyl (C=O) groups is 1. The van der Waals surface area contributed by atoms with Crippen LogP contribution in [-0.2, 0) is 9.63 Å². The Balaban J connectivity index is 2.49. The molecule has 0 aliphatic carbocycles. The van der Waals surface area contributed by atoms with Gasteiger partial charge in [-0.15, -0.1) is 11.8 Å². The van der Waals surface area contributed by atoms with Crippen molar-refractivity contribution in [1.82, 2.24) is 5.48 Å². The number of amides is 1. The van der Waals surface area contributed by atoms with Crippen LogP contribution in [0.25, 0.3) is 0 Å². The van der Waals surface area contributed by atoms with Gasteiger partial charge in [-0.3, -0.25) is 9.63 Å². The van der Waals surface area contributed by atoms with E-state index in [9.17, 15) is 4.79 Å². The molecule has 1 unspecified atom stereocenters. The minimum absolute atomic E-state index is 0.0116. The molecule has 1 aliphatic heterocycles. The molecule has 1 fully saturated rings. The highest BCUT2D eigenvalue weighted by atomic mass is 32.2. The Morgan fingerprint density at radius 3 is 2.91 bits per heavy atom. The molecule has 11 heavy (non-hydrogen) atoms. The van der Waals surface area contributed by atoms with E-state index in [1.165, 1.54) is 7.11 Å². The molecule has 1 heterocycles. The van der Waals surface area contributed by atoms with E-state index in [4.69, 9.17) is 0 Å². The fraction of sp³-hybridized carbons (Fsp3) is 0.857. The van der Waals surface area contributed by atoms with Gasteiger partial charge in [-0.2, -0.15) is 0 Å². The summed E-state index contributed by atoms with van der Waals surface area (Å²) in [5.74, 6) is 1.07. The predicted octanol–water partition coefficient (Wildman–Crippen LogP) is 0.950. The van der Waals surface area contributed by atoms with Crippen molar-refractivity contribution in [3.05, 3.63) is 0 Å². The van der Waals surface area contributed by atoms with Crippen molar-refractivity contribution >= 4 is 17.7 Å². The van der Waals surface area contributed by atoms with Gasteiger partial charge in [0.1, 0.15) is 0 Å². The number of thioether (sulfide) groups is 1. The molecule has 0 spiro atoms. The van der Waals surface area contributed by atoms with E-state index in [0.29, 0.717) is 0 Å². The van der Waals surface area contributed by atoms with Crippen molar-refractivity contribution in [2.75, 3.05) is 12.9 Å². The fourth-order valence-corrected chi connectivity index (χ4v) is 2.36. The SMILES string of the molecule is CONC(=O)C1(C)CCCS1. The summed E-state index contributed by atoms with van der Waals surface area (Å²) < 4.78 is -0.254. The average Bonchev–Trinajstić information content (AvgIpc) is 2.38. The van der Waals surface area contributed by atoms with Gasteiger partial charge in [-0.1, -0.05) is 0 Å². The Bertz CT molecular complexity index is 155. The molecule has 0 radical (unpaired) electrons. The first-order chi connectivity index (χ1) is 5.19. The van der Waals surface area contributed by atoms with E-state index in [1.54, 1.807) is 11.8 Å². The van der Waals surface area contributed by atoms with Gasteiger partial charge in [0.2, 0.25) is 0 Å². The molecular formula is C7H13NO2S. The molecule has 0 aromatic heterocycles. The van der Waals surface area contributed by atoms with Crippen LogP contribution in [0.4, 0.5) is 0 Å². The van der Waals surface area contributed by atoms with Gasteiger partial charge < -0.3 is 0 Å². The third-order valence-corrected chi connectivity index (χ3v) is 3.41. The summed E-state index contributed by atoms with van der Waals surface area (Å²) in [5, 5.41) is 0. The molecule has 1 atom stereocenters. The molecule has 0 aromatic rings. The quantitative estimate of drug-likeness (QED) is 0.635. The third kappa shape index (κ3) is 1.87. The molecule has 0 aromatic carbocycles. The molecule has 1 N–H and O–H groups in total. The van der Waals surface area contributed by atoms with Crippen molar-refractivity contribution in [3.63, 3.8) is 0 Å². The summed E-state index contributed by atoms with van der Waals surface area (Å²) in [7, 11) is 1.46. The Morgan fingerprint density at radius 1 is 1.73 bits per heavy atom. The number of carbonyl (C=O) groups excluding carboxylic acids is 1. The zero-order valence-electron chi connectivity index (χ0n) is 6.85. The van der Waals surface area contributed by atoms with Crippen LogP contribution in [0.3, 0.4) is 0 Å². The van der Waals surface area contributed by atoms with Crippen LogP contribution in [0, 0.1) is 0 Å². The first kappa shape index (κ1) is 8.87. The molecular weight excluding hydrogens is 162 g/mol. The van der Waals surface area contributed by atoms with E-state index in [0.717, 1.165) is 18.6 Å². The number of nitrogens with one attached hydrogen (secondary N) is 1. The van der Waals surface area contributed by atoms with E-state index in [1.807, 2.05) is 6.92 Å². The molecule has 4 heteroatoms. The first-order valence-electron chi connectivity index (χ1n) is 3.66. The normalized spacial score (nSPS) is 30.4. The summed E-state index contributed by atoms with van der Waals surface area (Å²) >= 11 is 1.70. The van der Waals surface area contributed by atoms with Gasteiger partial charge in [0.25, 0.3) is 5.91 Å². The lowest BCUT2D eigenvalue weighted by molar-refractivity contribution is -0.133. The molecule has 0 bridgehead atoms. The highest BCUT2D eigenvalue weighted by molar-refractivity contribution is 8.01. The van der Waals surface area contributed by atoms with Crippen LogP contribution in [0.2, 0.25) is 0 Å². The Morgan fingerprint density at radius 2 is 2.45 bits per heavy atom. The van der Waals surface area contributed by atoms with Crippen molar-refractivity contribution in [3.8, 4) is 0 Å². The summed E-state index contributed by atoms with van der Waals surface area (Å²) in [6.45, 7) is 1.96.